The number of aliphatic hydroxyl groups excluding tert-OH is 1. The molecule has 0 saturated carbocycles. The van der Waals surface area contributed by atoms with Crippen LogP contribution in [0.4, 0.5) is 4.39 Å². The van der Waals surface area contributed by atoms with E-state index in [4.69, 9.17) is 0 Å². The third-order valence-corrected chi connectivity index (χ3v) is 2.94. The van der Waals surface area contributed by atoms with E-state index in [1.165, 1.54) is 0 Å². The van der Waals surface area contributed by atoms with Gasteiger partial charge in [-0.15, -0.1) is 0 Å². The molecule has 0 aliphatic carbocycles. The van der Waals surface area contributed by atoms with E-state index in [1.807, 2.05) is 37.3 Å². The minimum Gasteiger partial charge on any atom is -0.386 e. The molecule has 0 saturated heterocycles. The standard InChI is InChI=1S/C18H21FO/c1-15(13-14-18(20)16(2)19)9-5-3-6-10-17-11-7-4-8-12-17/h4,7-9,11-12,18,20H,2-3,5,13-14H2,1H3/b15-9+. The van der Waals surface area contributed by atoms with Crippen LogP contribution in [0.25, 0.3) is 0 Å². The summed E-state index contributed by atoms with van der Waals surface area (Å²) in [5.74, 6) is 5.56. The van der Waals surface area contributed by atoms with Gasteiger partial charge in [0.1, 0.15) is 11.9 Å². The average molecular weight is 272 g/mol. The lowest BCUT2D eigenvalue weighted by atomic mass is 10.1. The van der Waals surface area contributed by atoms with Gasteiger partial charge in [0, 0.05) is 12.0 Å². The molecule has 2 heteroatoms. The van der Waals surface area contributed by atoms with Crippen LogP contribution in [0.15, 0.2) is 54.4 Å². The van der Waals surface area contributed by atoms with E-state index in [-0.39, 0.29) is 0 Å². The third-order valence-electron chi connectivity index (χ3n) is 2.94. The lowest BCUT2D eigenvalue weighted by Crippen LogP contribution is -2.05. The quantitative estimate of drug-likeness (QED) is 0.462. The van der Waals surface area contributed by atoms with Crippen LogP contribution in [-0.2, 0) is 0 Å². The molecular weight excluding hydrogens is 251 g/mol. The predicted octanol–water partition coefficient (Wildman–Crippen LogP) is 4.39. The van der Waals surface area contributed by atoms with Gasteiger partial charge < -0.3 is 5.11 Å². The summed E-state index contributed by atoms with van der Waals surface area (Å²) in [6.45, 7) is 5.08. The highest BCUT2D eigenvalue weighted by atomic mass is 19.1. The molecule has 0 heterocycles. The van der Waals surface area contributed by atoms with Gasteiger partial charge in [-0.2, -0.15) is 0 Å². The molecule has 0 aliphatic rings. The van der Waals surface area contributed by atoms with Gasteiger partial charge in [0.2, 0.25) is 0 Å². The molecule has 0 aromatic heterocycles. The van der Waals surface area contributed by atoms with Crippen molar-refractivity contribution in [3.05, 3.63) is 60.0 Å². The van der Waals surface area contributed by atoms with Crippen molar-refractivity contribution in [1.29, 1.82) is 0 Å². The van der Waals surface area contributed by atoms with Crippen LogP contribution in [0.5, 0.6) is 0 Å². The first-order valence-corrected chi connectivity index (χ1v) is 6.81. The maximum atomic E-state index is 12.6. The van der Waals surface area contributed by atoms with Crippen molar-refractivity contribution in [3.8, 4) is 11.8 Å². The molecule has 0 aliphatic heterocycles. The van der Waals surface area contributed by atoms with Crippen LogP contribution in [0, 0.1) is 11.8 Å². The van der Waals surface area contributed by atoms with Gasteiger partial charge >= 0.3 is 0 Å². The molecule has 0 amide bonds. The Morgan fingerprint density at radius 2 is 2.10 bits per heavy atom. The van der Waals surface area contributed by atoms with Crippen molar-refractivity contribution >= 4 is 0 Å². The van der Waals surface area contributed by atoms with Gasteiger partial charge in [0.25, 0.3) is 0 Å². The first-order valence-electron chi connectivity index (χ1n) is 6.81. The Hall–Kier alpha value is -1.85. The lowest BCUT2D eigenvalue weighted by molar-refractivity contribution is 0.174. The molecule has 1 rings (SSSR count). The maximum absolute atomic E-state index is 12.6. The molecule has 0 spiro atoms. The first-order chi connectivity index (χ1) is 9.59. The van der Waals surface area contributed by atoms with Crippen LogP contribution in [0.2, 0.25) is 0 Å². The number of unbranched alkanes of at least 4 members (excludes halogenated alkanes) is 1. The average Bonchev–Trinajstić information content (AvgIpc) is 2.45. The number of benzene rings is 1. The van der Waals surface area contributed by atoms with Gasteiger partial charge in [0.05, 0.1) is 0 Å². The van der Waals surface area contributed by atoms with E-state index in [1.54, 1.807) is 0 Å². The summed E-state index contributed by atoms with van der Waals surface area (Å²) in [5, 5.41) is 9.29. The monoisotopic (exact) mass is 272 g/mol. The predicted molar refractivity (Wildman–Crippen MR) is 81.8 cm³/mol. The number of allylic oxidation sites excluding steroid dienone is 2. The minimum atomic E-state index is -1.05. The molecule has 1 nitrogen and oxygen atoms in total. The van der Waals surface area contributed by atoms with E-state index in [0.29, 0.717) is 12.8 Å². The molecule has 1 unspecified atom stereocenters. The van der Waals surface area contributed by atoms with Crippen LogP contribution in [0.1, 0.15) is 38.2 Å². The second-order valence-corrected chi connectivity index (χ2v) is 4.76. The second kappa shape index (κ2) is 9.12. The van der Waals surface area contributed by atoms with E-state index in [2.05, 4.69) is 24.5 Å². The summed E-state index contributed by atoms with van der Waals surface area (Å²) >= 11 is 0. The summed E-state index contributed by atoms with van der Waals surface area (Å²) in [6, 6.07) is 9.88. The van der Waals surface area contributed by atoms with Crippen LogP contribution < -0.4 is 0 Å². The summed E-state index contributed by atoms with van der Waals surface area (Å²) in [5.41, 5.74) is 2.17. The fourth-order valence-electron chi connectivity index (χ4n) is 1.70. The number of aliphatic hydroxyl groups is 1. The molecule has 1 atom stereocenters. The zero-order chi connectivity index (χ0) is 14.8. The van der Waals surface area contributed by atoms with E-state index in [0.717, 1.165) is 24.0 Å². The first kappa shape index (κ1) is 16.2. The molecule has 0 radical (unpaired) electrons. The second-order valence-electron chi connectivity index (χ2n) is 4.76. The van der Waals surface area contributed by atoms with E-state index >= 15 is 0 Å². The summed E-state index contributed by atoms with van der Waals surface area (Å²) in [6.07, 6.45) is 3.77. The molecular formula is C18H21FO. The minimum absolute atomic E-state index is 0.382. The Labute approximate surface area is 120 Å². The van der Waals surface area contributed by atoms with E-state index < -0.39 is 11.9 Å². The molecule has 20 heavy (non-hydrogen) atoms. The Bertz CT molecular complexity index is 505. The summed E-state index contributed by atoms with van der Waals surface area (Å²) in [4.78, 5) is 0. The third kappa shape index (κ3) is 6.92. The van der Waals surface area contributed by atoms with Crippen molar-refractivity contribution in [2.75, 3.05) is 0 Å². The zero-order valence-corrected chi connectivity index (χ0v) is 11.9. The Morgan fingerprint density at radius 1 is 1.40 bits per heavy atom. The van der Waals surface area contributed by atoms with Crippen LogP contribution in [0.3, 0.4) is 0 Å². The van der Waals surface area contributed by atoms with Crippen molar-refractivity contribution in [3.63, 3.8) is 0 Å². The number of halogens is 1. The topological polar surface area (TPSA) is 20.2 Å². The normalized spacial score (nSPS) is 12.4. The number of hydrogen-bond acceptors (Lipinski definition) is 1. The molecule has 0 bridgehead atoms. The zero-order valence-electron chi connectivity index (χ0n) is 11.9. The Kier molecular flexibility index (Phi) is 7.39. The number of rotatable bonds is 6. The smallest absolute Gasteiger partial charge is 0.121 e. The van der Waals surface area contributed by atoms with Gasteiger partial charge in [0.15, 0.2) is 0 Å². The highest BCUT2D eigenvalue weighted by Gasteiger charge is 2.07. The van der Waals surface area contributed by atoms with Crippen LogP contribution in [-0.4, -0.2) is 11.2 Å². The highest BCUT2D eigenvalue weighted by molar-refractivity contribution is 5.33. The van der Waals surface area contributed by atoms with Gasteiger partial charge in [-0.1, -0.05) is 48.3 Å². The molecule has 1 aromatic rings. The van der Waals surface area contributed by atoms with Crippen molar-refractivity contribution in [2.24, 2.45) is 0 Å². The number of hydrogen-bond donors (Lipinski definition) is 1. The van der Waals surface area contributed by atoms with Gasteiger partial charge in [-0.25, -0.2) is 4.39 Å². The molecule has 106 valence electrons. The van der Waals surface area contributed by atoms with Gasteiger partial charge in [-0.3, -0.25) is 0 Å². The van der Waals surface area contributed by atoms with Crippen molar-refractivity contribution in [1.82, 2.24) is 0 Å². The van der Waals surface area contributed by atoms with Crippen molar-refractivity contribution in [2.45, 2.75) is 38.7 Å². The fraction of sp³-hybridized carbons (Fsp3) is 0.333. The molecule has 1 N–H and O–H groups in total. The summed E-state index contributed by atoms with van der Waals surface area (Å²) < 4.78 is 12.6. The largest absolute Gasteiger partial charge is 0.386 e. The van der Waals surface area contributed by atoms with Gasteiger partial charge in [-0.05, 0) is 38.3 Å². The van der Waals surface area contributed by atoms with E-state index in [9.17, 15) is 9.50 Å². The molecule has 0 fully saturated rings. The lowest BCUT2D eigenvalue weighted by Gasteiger charge is -2.07. The maximum Gasteiger partial charge on any atom is 0.121 e. The highest BCUT2D eigenvalue weighted by Crippen LogP contribution is 2.13. The fourth-order valence-corrected chi connectivity index (χ4v) is 1.70. The van der Waals surface area contributed by atoms with Crippen LogP contribution >= 0.6 is 0 Å². The Balaban J connectivity index is 2.27. The summed E-state index contributed by atoms with van der Waals surface area (Å²) in [7, 11) is 0. The SMILES string of the molecule is C=C(F)C(O)CC/C(C)=C/CCC#Cc1ccccc1. The Morgan fingerprint density at radius 3 is 2.75 bits per heavy atom. The molecule has 1 aromatic carbocycles. The van der Waals surface area contributed by atoms with Crippen molar-refractivity contribution < 1.29 is 9.50 Å².